The predicted molar refractivity (Wildman–Crippen MR) is 88.1 cm³/mol. The van der Waals surface area contributed by atoms with Gasteiger partial charge in [0, 0.05) is 0 Å². The fourth-order valence-electron chi connectivity index (χ4n) is 2.29. The SMILES string of the molecule is Cc1ccc(OCCOC(=O)Cn2c(=O)oc3ccccc32)cc1. The Morgan fingerprint density at radius 1 is 1.08 bits per heavy atom. The molecule has 0 aliphatic rings. The van der Waals surface area contributed by atoms with Gasteiger partial charge in [0.1, 0.15) is 25.5 Å². The number of esters is 1. The molecule has 0 unspecified atom stereocenters. The number of aromatic nitrogens is 1. The number of nitrogens with zero attached hydrogens (tertiary/aromatic N) is 1. The van der Waals surface area contributed by atoms with Crippen LogP contribution in [0.3, 0.4) is 0 Å². The quantitative estimate of drug-likeness (QED) is 0.514. The van der Waals surface area contributed by atoms with Crippen molar-refractivity contribution < 1.29 is 18.7 Å². The highest BCUT2D eigenvalue weighted by atomic mass is 16.6. The Morgan fingerprint density at radius 3 is 2.62 bits per heavy atom. The molecule has 124 valence electrons. The largest absolute Gasteiger partial charge is 0.490 e. The van der Waals surface area contributed by atoms with Gasteiger partial charge < -0.3 is 13.9 Å². The highest BCUT2D eigenvalue weighted by Gasteiger charge is 2.13. The van der Waals surface area contributed by atoms with Crippen molar-refractivity contribution in [1.82, 2.24) is 4.57 Å². The van der Waals surface area contributed by atoms with Crippen LogP contribution in [0.2, 0.25) is 0 Å². The fourth-order valence-corrected chi connectivity index (χ4v) is 2.29. The second-order valence-electron chi connectivity index (χ2n) is 5.30. The molecule has 0 bridgehead atoms. The van der Waals surface area contributed by atoms with Crippen LogP contribution in [0.5, 0.6) is 5.75 Å². The number of rotatable bonds is 6. The Bertz CT molecular complexity index is 892. The van der Waals surface area contributed by atoms with Crippen molar-refractivity contribution in [2.24, 2.45) is 0 Å². The van der Waals surface area contributed by atoms with Crippen LogP contribution in [0.4, 0.5) is 0 Å². The normalized spacial score (nSPS) is 10.7. The van der Waals surface area contributed by atoms with Crippen LogP contribution in [-0.2, 0) is 16.1 Å². The third-order valence-corrected chi connectivity index (χ3v) is 3.50. The van der Waals surface area contributed by atoms with Gasteiger partial charge >= 0.3 is 11.7 Å². The molecule has 0 N–H and O–H groups in total. The highest BCUT2D eigenvalue weighted by molar-refractivity contribution is 5.76. The molecular formula is C18H17NO5. The summed E-state index contributed by atoms with van der Waals surface area (Å²) in [6.45, 7) is 2.15. The van der Waals surface area contributed by atoms with Crippen LogP contribution in [0.25, 0.3) is 11.1 Å². The molecule has 0 saturated heterocycles. The summed E-state index contributed by atoms with van der Waals surface area (Å²) in [5, 5.41) is 0. The monoisotopic (exact) mass is 327 g/mol. The smallest absolute Gasteiger partial charge is 0.420 e. The van der Waals surface area contributed by atoms with E-state index in [-0.39, 0.29) is 19.8 Å². The van der Waals surface area contributed by atoms with Gasteiger partial charge in [0.2, 0.25) is 0 Å². The van der Waals surface area contributed by atoms with Gasteiger partial charge in [-0.15, -0.1) is 0 Å². The van der Waals surface area contributed by atoms with Crippen LogP contribution in [-0.4, -0.2) is 23.8 Å². The molecule has 0 aliphatic heterocycles. The summed E-state index contributed by atoms with van der Waals surface area (Å²) in [5.41, 5.74) is 2.15. The average Bonchev–Trinajstić information content (AvgIpc) is 2.89. The molecular weight excluding hydrogens is 310 g/mol. The minimum Gasteiger partial charge on any atom is -0.490 e. The number of aryl methyl sites for hydroxylation is 1. The fraction of sp³-hybridized carbons (Fsp3) is 0.222. The van der Waals surface area contributed by atoms with Crippen molar-refractivity contribution in [3.8, 4) is 5.75 Å². The number of fused-ring (bicyclic) bond motifs is 1. The Labute approximate surface area is 138 Å². The van der Waals surface area contributed by atoms with E-state index in [9.17, 15) is 9.59 Å². The zero-order chi connectivity index (χ0) is 16.9. The van der Waals surface area contributed by atoms with Crippen LogP contribution in [0.1, 0.15) is 5.56 Å². The third kappa shape index (κ3) is 3.65. The summed E-state index contributed by atoms with van der Waals surface area (Å²) in [4.78, 5) is 23.7. The first kappa shape index (κ1) is 15.9. The van der Waals surface area contributed by atoms with E-state index in [0.717, 1.165) is 5.56 Å². The number of carbonyl (C=O) groups is 1. The third-order valence-electron chi connectivity index (χ3n) is 3.50. The summed E-state index contributed by atoms with van der Waals surface area (Å²) in [7, 11) is 0. The summed E-state index contributed by atoms with van der Waals surface area (Å²) < 4.78 is 16.9. The minimum atomic E-state index is -0.580. The molecule has 0 fully saturated rings. The van der Waals surface area contributed by atoms with Gasteiger partial charge in [-0.3, -0.25) is 9.36 Å². The number of oxazole rings is 1. The first-order valence-corrected chi connectivity index (χ1v) is 7.57. The van der Waals surface area contributed by atoms with Crippen molar-refractivity contribution in [3.63, 3.8) is 0 Å². The number of benzene rings is 2. The highest BCUT2D eigenvalue weighted by Crippen LogP contribution is 2.12. The maximum absolute atomic E-state index is 11.9. The Morgan fingerprint density at radius 2 is 1.83 bits per heavy atom. The van der Waals surface area contributed by atoms with E-state index in [4.69, 9.17) is 13.9 Å². The molecule has 3 aromatic rings. The molecule has 6 heteroatoms. The van der Waals surface area contributed by atoms with Gasteiger partial charge in [0.15, 0.2) is 5.58 Å². The van der Waals surface area contributed by atoms with Crippen molar-refractivity contribution in [1.29, 1.82) is 0 Å². The second-order valence-corrected chi connectivity index (χ2v) is 5.30. The number of hydrogen-bond acceptors (Lipinski definition) is 5. The predicted octanol–water partition coefficient (Wildman–Crippen LogP) is 2.53. The second kappa shape index (κ2) is 7.04. The van der Waals surface area contributed by atoms with Crippen molar-refractivity contribution in [3.05, 3.63) is 64.6 Å². The lowest BCUT2D eigenvalue weighted by Crippen LogP contribution is -2.23. The van der Waals surface area contributed by atoms with Gasteiger partial charge in [-0.25, -0.2) is 4.79 Å². The average molecular weight is 327 g/mol. The van der Waals surface area contributed by atoms with Gasteiger partial charge in [-0.2, -0.15) is 0 Å². The summed E-state index contributed by atoms with van der Waals surface area (Å²) in [6.07, 6.45) is 0. The van der Waals surface area contributed by atoms with E-state index >= 15 is 0 Å². The molecule has 0 atom stereocenters. The molecule has 6 nitrogen and oxygen atoms in total. The Balaban J connectivity index is 1.51. The summed E-state index contributed by atoms with van der Waals surface area (Å²) in [5.74, 6) is -0.381. The Hall–Kier alpha value is -3.02. The number of hydrogen-bond donors (Lipinski definition) is 0. The molecule has 0 amide bonds. The molecule has 0 radical (unpaired) electrons. The van der Waals surface area contributed by atoms with E-state index in [0.29, 0.717) is 16.8 Å². The van der Waals surface area contributed by atoms with E-state index in [2.05, 4.69) is 0 Å². The molecule has 0 spiro atoms. The molecule has 1 aromatic heterocycles. The number of carbonyl (C=O) groups excluding carboxylic acids is 1. The molecule has 0 saturated carbocycles. The number of ether oxygens (including phenoxy) is 2. The zero-order valence-corrected chi connectivity index (χ0v) is 13.2. The zero-order valence-electron chi connectivity index (χ0n) is 13.2. The van der Waals surface area contributed by atoms with Gasteiger partial charge in [0.05, 0.1) is 5.52 Å². The van der Waals surface area contributed by atoms with E-state index in [1.807, 2.05) is 31.2 Å². The lowest BCUT2D eigenvalue weighted by molar-refractivity contribution is -0.145. The van der Waals surface area contributed by atoms with Crippen LogP contribution >= 0.6 is 0 Å². The maximum Gasteiger partial charge on any atom is 0.420 e. The van der Waals surface area contributed by atoms with E-state index in [1.165, 1.54) is 4.57 Å². The molecule has 3 rings (SSSR count). The summed E-state index contributed by atoms with van der Waals surface area (Å²) >= 11 is 0. The van der Waals surface area contributed by atoms with Crippen LogP contribution in [0, 0.1) is 6.92 Å². The van der Waals surface area contributed by atoms with Gasteiger partial charge in [-0.05, 0) is 31.2 Å². The lowest BCUT2D eigenvalue weighted by atomic mass is 10.2. The van der Waals surface area contributed by atoms with Crippen molar-refractivity contribution in [2.45, 2.75) is 13.5 Å². The van der Waals surface area contributed by atoms with Crippen molar-refractivity contribution >= 4 is 17.1 Å². The van der Waals surface area contributed by atoms with Gasteiger partial charge in [0.25, 0.3) is 0 Å². The first-order valence-electron chi connectivity index (χ1n) is 7.57. The standard InChI is InChI=1S/C18H17NO5/c1-13-6-8-14(9-7-13)22-10-11-23-17(20)12-19-15-4-2-3-5-16(15)24-18(19)21/h2-9H,10-12H2,1H3. The molecule has 24 heavy (non-hydrogen) atoms. The van der Waals surface area contributed by atoms with Crippen LogP contribution in [0.15, 0.2) is 57.7 Å². The van der Waals surface area contributed by atoms with Gasteiger partial charge in [-0.1, -0.05) is 29.8 Å². The van der Waals surface area contributed by atoms with Crippen molar-refractivity contribution in [2.75, 3.05) is 13.2 Å². The molecule has 0 aliphatic carbocycles. The van der Waals surface area contributed by atoms with E-state index < -0.39 is 11.7 Å². The summed E-state index contributed by atoms with van der Waals surface area (Å²) in [6, 6.07) is 14.5. The molecule has 2 aromatic carbocycles. The maximum atomic E-state index is 11.9. The van der Waals surface area contributed by atoms with Crippen LogP contribution < -0.4 is 10.5 Å². The molecule has 1 heterocycles. The first-order chi connectivity index (χ1) is 11.6. The lowest BCUT2D eigenvalue weighted by Gasteiger charge is -2.08. The number of para-hydroxylation sites is 2. The topological polar surface area (TPSA) is 70.7 Å². The van der Waals surface area contributed by atoms with E-state index in [1.54, 1.807) is 24.3 Å². The Kier molecular flexibility index (Phi) is 4.65. The minimum absolute atomic E-state index is 0.108.